The Morgan fingerprint density at radius 2 is 1.81 bits per heavy atom. The maximum absolute atomic E-state index is 11.8. The van der Waals surface area contributed by atoms with Crippen LogP contribution >= 0.6 is 27.5 Å². The van der Waals surface area contributed by atoms with Crippen molar-refractivity contribution in [2.75, 3.05) is 13.0 Å². The molecule has 0 atom stereocenters. The molecule has 0 N–H and O–H groups in total. The molecule has 2 nitrogen and oxygen atoms in total. The van der Waals surface area contributed by atoms with E-state index in [-0.39, 0.29) is 11.7 Å². The third-order valence-corrected chi connectivity index (χ3v) is 4.20. The van der Waals surface area contributed by atoms with E-state index in [9.17, 15) is 4.79 Å². The maximum Gasteiger partial charge on any atom is 0.181 e. The van der Waals surface area contributed by atoms with Crippen LogP contribution in [0.5, 0.6) is 5.75 Å². The van der Waals surface area contributed by atoms with E-state index in [2.05, 4.69) is 15.9 Å². The molecule has 1 aromatic rings. The van der Waals surface area contributed by atoms with Gasteiger partial charge in [-0.2, -0.15) is 0 Å². The monoisotopic (exact) mass is 304 g/mol. The Bertz CT molecular complexity index is 441. The van der Waals surface area contributed by atoms with Crippen molar-refractivity contribution in [2.24, 2.45) is 0 Å². The van der Waals surface area contributed by atoms with Crippen molar-refractivity contribution in [2.45, 2.75) is 20.8 Å². The van der Waals surface area contributed by atoms with Crippen LogP contribution < -0.4 is 4.74 Å². The van der Waals surface area contributed by atoms with E-state index in [1.807, 2.05) is 20.8 Å². The van der Waals surface area contributed by atoms with Gasteiger partial charge in [0.05, 0.1) is 18.6 Å². The van der Waals surface area contributed by atoms with E-state index < -0.39 is 0 Å². The first kappa shape index (κ1) is 13.5. The molecule has 0 aromatic heterocycles. The molecule has 4 heteroatoms. The molecule has 0 aliphatic carbocycles. The van der Waals surface area contributed by atoms with Crippen molar-refractivity contribution in [1.29, 1.82) is 0 Å². The van der Waals surface area contributed by atoms with Gasteiger partial charge >= 0.3 is 0 Å². The van der Waals surface area contributed by atoms with Gasteiger partial charge in [-0.25, -0.2) is 0 Å². The number of carbonyl (C=O) groups excluding carboxylic acids is 1. The highest BCUT2D eigenvalue weighted by Gasteiger charge is 2.21. The molecular formula is C12H14BrClO2. The van der Waals surface area contributed by atoms with Crippen molar-refractivity contribution in [1.82, 2.24) is 0 Å². The number of Topliss-reactive ketones (excluding diaryl/α,β-unsaturated/α-hetero) is 1. The lowest BCUT2D eigenvalue weighted by Crippen LogP contribution is -2.09. The Balaban J connectivity index is 3.64. The third-order valence-electron chi connectivity index (χ3n) is 2.77. The Morgan fingerprint density at radius 1 is 1.25 bits per heavy atom. The average molecular weight is 306 g/mol. The SMILES string of the molecule is COc1c(C)c(C)c(Br)c(C)c1C(=O)CCl. The number of ether oxygens (including phenoxy) is 1. The molecule has 0 aliphatic heterocycles. The molecule has 0 radical (unpaired) electrons. The van der Waals surface area contributed by atoms with E-state index in [0.29, 0.717) is 11.3 Å². The second kappa shape index (κ2) is 5.19. The standard InChI is InChI=1S/C12H14BrClO2/c1-6-7(2)12(16-4)10(9(15)5-14)8(3)11(6)13/h5H2,1-4H3. The van der Waals surface area contributed by atoms with Crippen LogP contribution in [0.25, 0.3) is 0 Å². The smallest absolute Gasteiger partial charge is 0.181 e. The van der Waals surface area contributed by atoms with Crippen LogP contribution in [-0.2, 0) is 0 Å². The van der Waals surface area contributed by atoms with Gasteiger partial charge in [-0.15, -0.1) is 11.6 Å². The van der Waals surface area contributed by atoms with Gasteiger partial charge in [0.15, 0.2) is 5.78 Å². The van der Waals surface area contributed by atoms with E-state index in [4.69, 9.17) is 16.3 Å². The fraction of sp³-hybridized carbons (Fsp3) is 0.417. The topological polar surface area (TPSA) is 26.3 Å². The predicted octanol–water partition coefficient (Wildman–Crippen LogP) is 3.80. The third kappa shape index (κ3) is 2.11. The van der Waals surface area contributed by atoms with Crippen LogP contribution in [0.2, 0.25) is 0 Å². The number of benzene rings is 1. The summed E-state index contributed by atoms with van der Waals surface area (Å²) in [5, 5.41) is 0. The Morgan fingerprint density at radius 3 is 2.25 bits per heavy atom. The summed E-state index contributed by atoms with van der Waals surface area (Å²) >= 11 is 9.10. The minimum atomic E-state index is -0.111. The molecule has 0 heterocycles. The molecule has 1 rings (SSSR count). The van der Waals surface area contributed by atoms with Gasteiger partial charge in [0, 0.05) is 4.47 Å². The van der Waals surface area contributed by atoms with Gasteiger partial charge in [0.2, 0.25) is 0 Å². The largest absolute Gasteiger partial charge is 0.496 e. The van der Waals surface area contributed by atoms with Gasteiger partial charge in [-0.1, -0.05) is 15.9 Å². The summed E-state index contributed by atoms with van der Waals surface area (Å²) in [6.07, 6.45) is 0. The first-order valence-corrected chi connectivity index (χ1v) is 6.20. The average Bonchev–Trinajstić information content (AvgIpc) is 2.29. The van der Waals surface area contributed by atoms with Crippen molar-refractivity contribution in [3.63, 3.8) is 0 Å². The zero-order valence-corrected chi connectivity index (χ0v) is 12.1. The molecule has 0 bridgehead atoms. The molecule has 0 saturated heterocycles. The second-order valence-corrected chi connectivity index (χ2v) is 4.71. The number of halogens is 2. The molecule has 0 saturated carbocycles. The van der Waals surface area contributed by atoms with Gasteiger partial charge < -0.3 is 4.74 Å². The van der Waals surface area contributed by atoms with Gasteiger partial charge in [-0.05, 0) is 37.5 Å². The molecule has 0 unspecified atom stereocenters. The molecule has 0 aliphatic rings. The number of ketones is 1. The van der Waals surface area contributed by atoms with Crippen molar-refractivity contribution in [3.8, 4) is 5.75 Å². The summed E-state index contributed by atoms with van der Waals surface area (Å²) in [6, 6.07) is 0. The summed E-state index contributed by atoms with van der Waals surface area (Å²) in [5.41, 5.74) is 3.51. The van der Waals surface area contributed by atoms with E-state index in [1.54, 1.807) is 7.11 Å². The van der Waals surface area contributed by atoms with Crippen molar-refractivity contribution < 1.29 is 9.53 Å². The lowest BCUT2D eigenvalue weighted by molar-refractivity contribution is 0.101. The van der Waals surface area contributed by atoms with Crippen LogP contribution in [0, 0.1) is 20.8 Å². The summed E-state index contributed by atoms with van der Waals surface area (Å²) < 4.78 is 6.26. The summed E-state index contributed by atoms with van der Waals surface area (Å²) in [4.78, 5) is 11.8. The normalized spacial score (nSPS) is 10.4. The first-order valence-electron chi connectivity index (χ1n) is 4.88. The highest BCUT2D eigenvalue weighted by molar-refractivity contribution is 9.10. The lowest BCUT2D eigenvalue weighted by Gasteiger charge is -2.17. The van der Waals surface area contributed by atoms with Gasteiger partial charge in [0.25, 0.3) is 0 Å². The quantitative estimate of drug-likeness (QED) is 0.627. The molecule has 88 valence electrons. The predicted molar refractivity (Wildman–Crippen MR) is 70.0 cm³/mol. The fourth-order valence-electron chi connectivity index (χ4n) is 1.74. The summed E-state index contributed by atoms with van der Waals surface area (Å²) in [6.45, 7) is 5.81. The Labute approximate surface area is 109 Å². The molecule has 0 fully saturated rings. The molecule has 0 amide bonds. The lowest BCUT2D eigenvalue weighted by atomic mass is 9.97. The maximum atomic E-state index is 11.8. The van der Waals surface area contributed by atoms with Crippen LogP contribution in [0.15, 0.2) is 4.47 Å². The van der Waals surface area contributed by atoms with E-state index in [1.165, 1.54) is 0 Å². The number of hydrogen-bond acceptors (Lipinski definition) is 2. The number of carbonyl (C=O) groups is 1. The number of hydrogen-bond donors (Lipinski definition) is 0. The zero-order chi connectivity index (χ0) is 12.5. The van der Waals surface area contributed by atoms with Gasteiger partial charge in [-0.3, -0.25) is 4.79 Å². The molecule has 1 aromatic carbocycles. The van der Waals surface area contributed by atoms with Crippen molar-refractivity contribution >= 4 is 33.3 Å². The van der Waals surface area contributed by atoms with Crippen molar-refractivity contribution in [3.05, 3.63) is 26.7 Å². The highest BCUT2D eigenvalue weighted by atomic mass is 79.9. The number of methoxy groups -OCH3 is 1. The number of rotatable bonds is 3. The number of alkyl halides is 1. The van der Waals surface area contributed by atoms with Crippen LogP contribution in [-0.4, -0.2) is 18.8 Å². The van der Waals surface area contributed by atoms with Crippen LogP contribution in [0.4, 0.5) is 0 Å². The highest BCUT2D eigenvalue weighted by Crippen LogP contribution is 2.36. The zero-order valence-electron chi connectivity index (χ0n) is 9.78. The Kier molecular flexibility index (Phi) is 4.39. The molecule has 16 heavy (non-hydrogen) atoms. The summed E-state index contributed by atoms with van der Waals surface area (Å²) in [7, 11) is 1.57. The van der Waals surface area contributed by atoms with E-state index >= 15 is 0 Å². The van der Waals surface area contributed by atoms with Crippen LogP contribution in [0.3, 0.4) is 0 Å². The Hall–Kier alpha value is -0.540. The van der Waals surface area contributed by atoms with Gasteiger partial charge in [0.1, 0.15) is 5.75 Å². The summed E-state index contributed by atoms with van der Waals surface area (Å²) in [5.74, 6) is 0.482. The van der Waals surface area contributed by atoms with Crippen LogP contribution in [0.1, 0.15) is 27.0 Å². The minimum Gasteiger partial charge on any atom is -0.496 e. The molecular weight excluding hydrogens is 291 g/mol. The minimum absolute atomic E-state index is 0.0356. The fourth-order valence-corrected chi connectivity index (χ4v) is 2.37. The van der Waals surface area contributed by atoms with E-state index in [0.717, 1.165) is 21.2 Å². The second-order valence-electron chi connectivity index (χ2n) is 3.65. The first-order chi connectivity index (χ1) is 7.45. The molecule has 0 spiro atoms.